The minimum atomic E-state index is -0.435. The summed E-state index contributed by atoms with van der Waals surface area (Å²) < 4.78 is 28.3. The molecule has 3 aromatic rings. The van der Waals surface area contributed by atoms with Crippen molar-refractivity contribution in [3.05, 3.63) is 106 Å². The summed E-state index contributed by atoms with van der Waals surface area (Å²) in [6.07, 6.45) is 4.06. The Morgan fingerprint density at radius 2 is 1.27 bits per heavy atom. The molecular formula is C28H24F2. The van der Waals surface area contributed by atoms with E-state index in [0.29, 0.717) is 23.1 Å². The molecule has 0 nitrogen and oxygen atoms in total. The van der Waals surface area contributed by atoms with E-state index in [0.717, 1.165) is 12.0 Å². The highest BCUT2D eigenvalue weighted by molar-refractivity contribution is 5.49. The summed E-state index contributed by atoms with van der Waals surface area (Å²) in [6, 6.07) is 17.8. The van der Waals surface area contributed by atoms with E-state index in [1.165, 1.54) is 30.5 Å². The first-order valence-electron chi connectivity index (χ1n) is 10.3. The first-order valence-corrected chi connectivity index (χ1v) is 10.3. The van der Waals surface area contributed by atoms with Gasteiger partial charge in [0.05, 0.1) is 5.56 Å². The largest absolute Gasteiger partial charge is 0.207 e. The van der Waals surface area contributed by atoms with E-state index in [-0.39, 0.29) is 11.4 Å². The first kappa shape index (κ1) is 21.4. The molecule has 0 aliphatic carbocycles. The average Bonchev–Trinajstić information content (AvgIpc) is 2.76. The van der Waals surface area contributed by atoms with Crippen LogP contribution in [0.5, 0.6) is 0 Å². The average molecular weight is 398 g/mol. The number of halogens is 2. The van der Waals surface area contributed by atoms with Crippen molar-refractivity contribution < 1.29 is 8.78 Å². The van der Waals surface area contributed by atoms with Crippen LogP contribution in [-0.2, 0) is 12.8 Å². The van der Waals surface area contributed by atoms with E-state index in [2.05, 4.69) is 42.7 Å². The second-order valence-electron chi connectivity index (χ2n) is 7.15. The molecular weight excluding hydrogens is 374 g/mol. The van der Waals surface area contributed by atoms with Gasteiger partial charge in [0.15, 0.2) is 0 Å². The molecule has 0 radical (unpaired) electrons. The maximum absolute atomic E-state index is 14.4. The predicted octanol–water partition coefficient (Wildman–Crippen LogP) is 6.67. The second kappa shape index (κ2) is 10.4. The Labute approximate surface area is 178 Å². The molecule has 0 amide bonds. The zero-order valence-electron chi connectivity index (χ0n) is 17.4. The van der Waals surface area contributed by atoms with Gasteiger partial charge in [0, 0.05) is 16.7 Å². The van der Waals surface area contributed by atoms with Crippen molar-refractivity contribution in [2.24, 2.45) is 0 Å². The molecule has 0 saturated heterocycles. The third kappa shape index (κ3) is 5.82. The fourth-order valence-corrected chi connectivity index (χ4v) is 3.03. The second-order valence-corrected chi connectivity index (χ2v) is 7.15. The molecule has 0 aliphatic heterocycles. The summed E-state index contributed by atoms with van der Waals surface area (Å²) >= 11 is 0. The molecule has 2 heteroatoms. The van der Waals surface area contributed by atoms with Crippen molar-refractivity contribution in [2.45, 2.75) is 39.5 Å². The third-order valence-corrected chi connectivity index (χ3v) is 4.87. The topological polar surface area (TPSA) is 0 Å². The van der Waals surface area contributed by atoms with E-state index in [4.69, 9.17) is 0 Å². The van der Waals surface area contributed by atoms with Crippen LogP contribution in [0.3, 0.4) is 0 Å². The van der Waals surface area contributed by atoms with E-state index in [1.54, 1.807) is 24.3 Å². The van der Waals surface area contributed by atoms with Crippen molar-refractivity contribution >= 4 is 0 Å². The smallest absolute Gasteiger partial charge is 0.140 e. The molecule has 0 saturated carbocycles. The van der Waals surface area contributed by atoms with Crippen LogP contribution in [-0.4, -0.2) is 0 Å². The highest BCUT2D eigenvalue weighted by Crippen LogP contribution is 2.13. The maximum Gasteiger partial charge on any atom is 0.140 e. The van der Waals surface area contributed by atoms with Crippen LogP contribution in [0.25, 0.3) is 0 Å². The Bertz CT molecular complexity index is 1130. The third-order valence-electron chi connectivity index (χ3n) is 4.87. The molecule has 3 rings (SSSR count). The minimum Gasteiger partial charge on any atom is -0.207 e. The molecule has 0 aliphatic rings. The van der Waals surface area contributed by atoms with Crippen molar-refractivity contribution in [2.75, 3.05) is 0 Å². The minimum absolute atomic E-state index is 0.265. The fourth-order valence-electron chi connectivity index (χ4n) is 3.03. The first-order chi connectivity index (χ1) is 14.6. The maximum atomic E-state index is 14.4. The monoisotopic (exact) mass is 398 g/mol. The lowest BCUT2D eigenvalue weighted by molar-refractivity contribution is 0.612. The number of rotatable bonds is 4. The highest BCUT2D eigenvalue weighted by Gasteiger charge is 2.02. The zero-order valence-corrected chi connectivity index (χ0v) is 17.4. The van der Waals surface area contributed by atoms with Crippen LogP contribution in [0.1, 0.15) is 60.1 Å². The van der Waals surface area contributed by atoms with Gasteiger partial charge < -0.3 is 0 Å². The molecule has 0 heterocycles. The molecule has 3 aromatic carbocycles. The Morgan fingerprint density at radius 1 is 0.667 bits per heavy atom. The van der Waals surface area contributed by atoms with Gasteiger partial charge in [-0.1, -0.05) is 62.1 Å². The molecule has 0 unspecified atom stereocenters. The van der Waals surface area contributed by atoms with Gasteiger partial charge in [0.2, 0.25) is 0 Å². The van der Waals surface area contributed by atoms with Gasteiger partial charge in [-0.05, 0) is 72.9 Å². The molecule has 0 bridgehead atoms. The lowest BCUT2D eigenvalue weighted by atomic mass is 10.1. The van der Waals surface area contributed by atoms with Crippen LogP contribution < -0.4 is 0 Å². The van der Waals surface area contributed by atoms with Crippen LogP contribution in [0.2, 0.25) is 0 Å². The molecule has 0 fully saturated rings. The number of unbranched alkanes of at least 4 members (excludes halogenated alkanes) is 1. The SMILES string of the molecule is CCCCc1ccc(C#Cc2ccc(C#Cc3ccc(CC)c(F)c3)c(F)c2)cc1. The van der Waals surface area contributed by atoms with Crippen molar-refractivity contribution in [3.63, 3.8) is 0 Å². The van der Waals surface area contributed by atoms with Gasteiger partial charge in [0.25, 0.3) is 0 Å². The van der Waals surface area contributed by atoms with Crippen molar-refractivity contribution in [1.82, 2.24) is 0 Å². The van der Waals surface area contributed by atoms with Crippen LogP contribution in [0.15, 0.2) is 60.7 Å². The molecule has 30 heavy (non-hydrogen) atoms. The summed E-state index contributed by atoms with van der Waals surface area (Å²) in [6.45, 7) is 4.07. The van der Waals surface area contributed by atoms with Gasteiger partial charge in [-0.3, -0.25) is 0 Å². The molecule has 0 aromatic heterocycles. The van der Waals surface area contributed by atoms with Crippen LogP contribution >= 0.6 is 0 Å². The molecule has 0 spiro atoms. The summed E-state index contributed by atoms with van der Waals surface area (Å²) in [5, 5.41) is 0. The zero-order chi connectivity index (χ0) is 21.3. The van der Waals surface area contributed by atoms with E-state index in [9.17, 15) is 8.78 Å². The van der Waals surface area contributed by atoms with Crippen LogP contribution in [0.4, 0.5) is 8.78 Å². The van der Waals surface area contributed by atoms with Gasteiger partial charge in [-0.15, -0.1) is 0 Å². The van der Waals surface area contributed by atoms with Gasteiger partial charge in [0.1, 0.15) is 11.6 Å². The van der Waals surface area contributed by atoms with Crippen LogP contribution in [0, 0.1) is 35.3 Å². The van der Waals surface area contributed by atoms with Gasteiger partial charge in [-0.2, -0.15) is 0 Å². The standard InChI is InChI=1S/C28H24F2/c1-3-5-6-21-7-9-22(10-8-21)11-12-23-14-17-26(28(30)20-23)18-15-24-13-16-25(4-2)27(29)19-24/h7-10,13-14,16-17,19-20H,3-6H2,1-2H3. The number of hydrogen-bond donors (Lipinski definition) is 0. The van der Waals surface area contributed by atoms with Gasteiger partial charge in [-0.25, -0.2) is 8.78 Å². The molecule has 0 N–H and O–H groups in total. The lowest BCUT2D eigenvalue weighted by Gasteiger charge is -2.00. The quantitative estimate of drug-likeness (QED) is 0.431. The Kier molecular flexibility index (Phi) is 7.42. The highest BCUT2D eigenvalue weighted by atomic mass is 19.1. The fraction of sp³-hybridized carbons (Fsp3) is 0.214. The van der Waals surface area contributed by atoms with E-state index >= 15 is 0 Å². The number of hydrogen-bond acceptors (Lipinski definition) is 0. The van der Waals surface area contributed by atoms with Crippen molar-refractivity contribution in [1.29, 1.82) is 0 Å². The summed E-state index contributed by atoms with van der Waals surface area (Å²) in [7, 11) is 0. The number of aryl methyl sites for hydroxylation is 2. The molecule has 0 atom stereocenters. The van der Waals surface area contributed by atoms with Crippen molar-refractivity contribution in [3.8, 4) is 23.7 Å². The van der Waals surface area contributed by atoms with E-state index in [1.807, 2.05) is 19.1 Å². The Morgan fingerprint density at radius 3 is 1.90 bits per heavy atom. The summed E-state index contributed by atoms with van der Waals surface area (Å²) in [5.41, 5.74) is 4.23. The number of benzene rings is 3. The van der Waals surface area contributed by atoms with Gasteiger partial charge >= 0.3 is 0 Å². The predicted molar refractivity (Wildman–Crippen MR) is 119 cm³/mol. The Hall–Kier alpha value is -3.36. The summed E-state index contributed by atoms with van der Waals surface area (Å²) in [4.78, 5) is 0. The Balaban J connectivity index is 1.72. The lowest BCUT2D eigenvalue weighted by Crippen LogP contribution is -1.89. The summed E-state index contributed by atoms with van der Waals surface area (Å²) in [5.74, 6) is 11.0. The normalized spacial score (nSPS) is 10.0. The molecule has 150 valence electrons. The van der Waals surface area contributed by atoms with E-state index < -0.39 is 5.82 Å².